The lowest BCUT2D eigenvalue weighted by Gasteiger charge is -2.33. The maximum Gasteiger partial charge on any atom is 0.318 e. The number of hydrogen-bond donors (Lipinski definition) is 1. The van der Waals surface area contributed by atoms with Crippen molar-refractivity contribution in [1.82, 2.24) is 15.3 Å². The number of amides is 3. The molecule has 0 aliphatic carbocycles. The lowest BCUT2D eigenvalue weighted by molar-refractivity contribution is -0.179. The zero-order valence-corrected chi connectivity index (χ0v) is 19.2. The Labute approximate surface area is 197 Å². The fraction of sp³-hybridized carbons (Fsp3) is 0.348. The first-order valence-electron chi connectivity index (χ1n) is 11.1. The molecule has 1 atom stereocenters. The summed E-state index contributed by atoms with van der Waals surface area (Å²) in [5.74, 6) is -1.94. The minimum absolute atomic E-state index is 0.104. The van der Waals surface area contributed by atoms with Crippen LogP contribution in [-0.4, -0.2) is 68.3 Å². The van der Waals surface area contributed by atoms with E-state index in [-0.39, 0.29) is 30.2 Å². The summed E-state index contributed by atoms with van der Waals surface area (Å²) in [5, 5.41) is 3.60. The van der Waals surface area contributed by atoms with Gasteiger partial charge in [0.05, 0.1) is 4.90 Å². The number of anilines is 1. The molecule has 2 aromatic carbocycles. The van der Waals surface area contributed by atoms with E-state index >= 15 is 0 Å². The molecule has 2 saturated heterocycles. The van der Waals surface area contributed by atoms with Gasteiger partial charge in [0.1, 0.15) is 6.04 Å². The number of nitrogens with zero attached hydrogens (tertiary/aromatic N) is 3. The molecule has 3 heterocycles. The molecule has 3 aliphatic rings. The fourth-order valence-electron chi connectivity index (χ4n) is 4.54. The number of fused-ring (bicyclic) bond motifs is 1. The molecule has 0 aromatic heterocycles. The molecule has 5 rings (SSSR count). The zero-order valence-electron chi connectivity index (χ0n) is 18.3. The first kappa shape index (κ1) is 22.5. The van der Waals surface area contributed by atoms with Crippen LogP contribution in [0, 0.1) is 0 Å². The van der Waals surface area contributed by atoms with E-state index < -0.39 is 28.0 Å². The Balaban J connectivity index is 1.35. The molecule has 34 heavy (non-hydrogen) atoms. The number of imide groups is 1. The average molecular weight is 485 g/mol. The molecule has 11 heteroatoms. The molecular weight excluding hydrogens is 460 g/mol. The fourth-order valence-corrected chi connectivity index (χ4v) is 5.47. The van der Waals surface area contributed by atoms with Gasteiger partial charge in [0.15, 0.2) is 0 Å². The zero-order chi connectivity index (χ0) is 23.9. The van der Waals surface area contributed by atoms with Gasteiger partial charge in [-0.25, -0.2) is 0 Å². The van der Waals surface area contributed by atoms with Gasteiger partial charge >= 0.3 is 10.1 Å². The van der Waals surface area contributed by atoms with Crippen LogP contribution < -0.4 is 10.2 Å². The van der Waals surface area contributed by atoms with E-state index in [1.165, 1.54) is 29.2 Å². The van der Waals surface area contributed by atoms with Crippen LogP contribution in [-0.2, 0) is 30.5 Å². The van der Waals surface area contributed by atoms with E-state index in [0.29, 0.717) is 10.6 Å². The minimum Gasteiger partial charge on any atom is -0.369 e. The summed E-state index contributed by atoms with van der Waals surface area (Å²) in [4.78, 5) is 42.1. The second kappa shape index (κ2) is 8.82. The van der Waals surface area contributed by atoms with Crippen LogP contribution >= 0.6 is 0 Å². The number of carbonyl (C=O) groups excluding carboxylic acids is 3. The van der Waals surface area contributed by atoms with E-state index in [2.05, 4.69) is 10.2 Å². The maximum atomic E-state index is 13.1. The van der Waals surface area contributed by atoms with Gasteiger partial charge in [0.25, 0.3) is 17.7 Å². The second-order valence-electron chi connectivity index (χ2n) is 8.43. The van der Waals surface area contributed by atoms with Gasteiger partial charge < -0.3 is 15.1 Å². The number of hydrogen-bond acceptors (Lipinski definition) is 8. The molecule has 0 spiro atoms. The smallest absolute Gasteiger partial charge is 0.318 e. The van der Waals surface area contributed by atoms with Gasteiger partial charge in [-0.2, -0.15) is 8.42 Å². The van der Waals surface area contributed by atoms with Gasteiger partial charge in [-0.05, 0) is 42.3 Å². The van der Waals surface area contributed by atoms with E-state index in [9.17, 15) is 22.8 Å². The topological polar surface area (TPSA) is 116 Å². The monoisotopic (exact) mass is 484 g/mol. The highest BCUT2D eigenvalue weighted by atomic mass is 32.2. The van der Waals surface area contributed by atoms with E-state index in [0.717, 1.165) is 37.4 Å². The average Bonchev–Trinajstić information content (AvgIpc) is 3.18. The van der Waals surface area contributed by atoms with Crippen molar-refractivity contribution in [2.45, 2.75) is 30.3 Å². The van der Waals surface area contributed by atoms with Gasteiger partial charge in [0, 0.05) is 50.4 Å². The van der Waals surface area contributed by atoms with Crippen molar-refractivity contribution in [3.8, 4) is 0 Å². The lowest BCUT2D eigenvalue weighted by Crippen LogP contribution is -2.54. The van der Waals surface area contributed by atoms with Crippen LogP contribution in [0.25, 0.3) is 0 Å². The van der Waals surface area contributed by atoms with Crippen LogP contribution in [0.2, 0.25) is 0 Å². The van der Waals surface area contributed by atoms with Crippen molar-refractivity contribution in [3.05, 3.63) is 59.7 Å². The Morgan fingerprint density at radius 3 is 2.44 bits per heavy atom. The Hall–Kier alpha value is -3.28. The third-order valence-electron chi connectivity index (χ3n) is 6.33. The second-order valence-corrected chi connectivity index (χ2v) is 9.96. The third-order valence-corrected chi connectivity index (χ3v) is 7.52. The third kappa shape index (κ3) is 4.06. The number of nitrogens with one attached hydrogen (secondary N) is 1. The summed E-state index contributed by atoms with van der Waals surface area (Å²) >= 11 is 0. The summed E-state index contributed by atoms with van der Waals surface area (Å²) in [7, 11) is -4.39. The number of benzene rings is 2. The number of hydroxylamine groups is 2. The first-order valence-corrected chi connectivity index (χ1v) is 12.5. The highest BCUT2D eigenvalue weighted by molar-refractivity contribution is 7.86. The summed E-state index contributed by atoms with van der Waals surface area (Å²) in [6.07, 6.45) is -0.0137. The molecule has 3 aliphatic heterocycles. The minimum atomic E-state index is -4.39. The van der Waals surface area contributed by atoms with Crippen LogP contribution in [0.4, 0.5) is 5.69 Å². The molecule has 2 aromatic rings. The summed E-state index contributed by atoms with van der Waals surface area (Å²) in [6.45, 7) is 3.70. The molecule has 2 fully saturated rings. The lowest BCUT2D eigenvalue weighted by atomic mass is 10.0. The normalized spacial score (nSPS) is 21.2. The van der Waals surface area contributed by atoms with Crippen molar-refractivity contribution in [3.63, 3.8) is 0 Å². The molecule has 1 N–H and O–H groups in total. The number of rotatable bonds is 5. The predicted molar refractivity (Wildman–Crippen MR) is 121 cm³/mol. The Bertz CT molecular complexity index is 1240. The molecule has 0 saturated carbocycles. The van der Waals surface area contributed by atoms with Crippen molar-refractivity contribution in [2.24, 2.45) is 0 Å². The van der Waals surface area contributed by atoms with E-state index in [1.54, 1.807) is 12.1 Å². The molecule has 178 valence electrons. The molecule has 0 radical (unpaired) electrons. The predicted octanol–water partition coefficient (Wildman–Crippen LogP) is 0.890. The maximum absolute atomic E-state index is 13.1. The highest BCUT2D eigenvalue weighted by Crippen LogP contribution is 2.32. The first-order chi connectivity index (χ1) is 16.3. The van der Waals surface area contributed by atoms with Crippen LogP contribution in [0.1, 0.15) is 28.8 Å². The molecular formula is C23H24N4O6S. The van der Waals surface area contributed by atoms with E-state index in [4.69, 9.17) is 4.28 Å². The van der Waals surface area contributed by atoms with Crippen LogP contribution in [0.3, 0.4) is 0 Å². The van der Waals surface area contributed by atoms with Crippen molar-refractivity contribution >= 4 is 33.5 Å². The Morgan fingerprint density at radius 2 is 1.71 bits per heavy atom. The van der Waals surface area contributed by atoms with Gasteiger partial charge in [-0.3, -0.25) is 14.4 Å². The van der Waals surface area contributed by atoms with Gasteiger partial charge in [0.2, 0.25) is 0 Å². The summed E-state index contributed by atoms with van der Waals surface area (Å²) in [6, 6.07) is 11.9. The van der Waals surface area contributed by atoms with Gasteiger partial charge in [-0.15, -0.1) is 9.35 Å². The van der Waals surface area contributed by atoms with Gasteiger partial charge in [-0.1, -0.05) is 18.2 Å². The van der Waals surface area contributed by atoms with Crippen LogP contribution in [0.15, 0.2) is 53.4 Å². The number of piperidine rings is 1. The Kier molecular flexibility index (Phi) is 5.84. The number of carbonyl (C=O) groups is 3. The standard InChI is InChI=1S/C23H24N4O6S/c28-21-9-8-20(23(30)27(21)33-34(31,32)18-4-2-1-3-5-18)26-15-16-14-17(6-7-19(16)22(26)29)25-12-10-24-11-13-25/h1-7,14,20,24H,8-13,15H2/t20-/m0/s1. The quantitative estimate of drug-likeness (QED) is 0.622. The summed E-state index contributed by atoms with van der Waals surface area (Å²) in [5.41, 5.74) is 2.32. The molecule has 0 unspecified atom stereocenters. The number of piperazine rings is 1. The van der Waals surface area contributed by atoms with E-state index in [1.807, 2.05) is 12.1 Å². The van der Waals surface area contributed by atoms with Crippen molar-refractivity contribution in [1.29, 1.82) is 0 Å². The van der Waals surface area contributed by atoms with Crippen LogP contribution in [0.5, 0.6) is 0 Å². The molecule has 0 bridgehead atoms. The SMILES string of the molecule is O=C1CC[C@H](N2Cc3cc(N4CCNCC4)ccc3C2=O)C(=O)N1OS(=O)(=O)c1ccccc1. The van der Waals surface area contributed by atoms with Crippen molar-refractivity contribution in [2.75, 3.05) is 31.1 Å². The Morgan fingerprint density at radius 1 is 0.971 bits per heavy atom. The summed E-state index contributed by atoms with van der Waals surface area (Å²) < 4.78 is 30.1. The molecule has 10 nitrogen and oxygen atoms in total. The van der Waals surface area contributed by atoms with Crippen molar-refractivity contribution < 1.29 is 27.1 Å². The highest BCUT2D eigenvalue weighted by Gasteiger charge is 2.45. The largest absolute Gasteiger partial charge is 0.369 e. The molecule has 3 amide bonds.